The molecule has 1 fully saturated rings. The summed E-state index contributed by atoms with van der Waals surface area (Å²) in [6.45, 7) is 4.27. The van der Waals surface area contributed by atoms with E-state index >= 15 is 0 Å². The van der Waals surface area contributed by atoms with Crippen molar-refractivity contribution in [1.82, 2.24) is 0 Å². The Labute approximate surface area is 96.0 Å². The number of hydrogen-bond acceptors (Lipinski definition) is 0. The van der Waals surface area contributed by atoms with Crippen LogP contribution in [-0.2, 0) is 0 Å². The molecular weight excluding hydrogens is 204 g/mol. The molecule has 0 saturated heterocycles. The highest BCUT2D eigenvalue weighted by atomic mass is 35.5. The highest BCUT2D eigenvalue weighted by Gasteiger charge is 2.42. The Balaban J connectivity index is 2.26. The van der Waals surface area contributed by atoms with Crippen molar-refractivity contribution in [2.75, 3.05) is 0 Å². The van der Waals surface area contributed by atoms with Crippen LogP contribution in [0.25, 0.3) is 0 Å². The Hall–Kier alpha value is -0.750. The van der Waals surface area contributed by atoms with Crippen molar-refractivity contribution in [1.29, 1.82) is 0 Å². The van der Waals surface area contributed by atoms with Gasteiger partial charge in [0.15, 0.2) is 0 Å². The first-order valence-electron chi connectivity index (χ1n) is 5.65. The zero-order valence-corrected chi connectivity index (χ0v) is 9.93. The summed E-state index contributed by atoms with van der Waals surface area (Å²) in [5, 5.41) is 1.03. The fraction of sp³-hybridized carbons (Fsp3) is 0.429. The maximum Gasteiger partial charge on any atom is 0.0154 e. The molecule has 1 saturated carbocycles. The van der Waals surface area contributed by atoms with Gasteiger partial charge in [-0.15, -0.1) is 0 Å². The minimum absolute atomic E-state index is 0.627. The van der Waals surface area contributed by atoms with Crippen LogP contribution in [0.5, 0.6) is 0 Å². The number of hydrogen-bond donors (Lipinski definition) is 0. The largest absolute Gasteiger partial charge is 0.0895 e. The van der Waals surface area contributed by atoms with Crippen LogP contribution in [-0.4, -0.2) is 0 Å². The molecule has 1 heteroatoms. The summed E-state index contributed by atoms with van der Waals surface area (Å²) < 4.78 is 0. The minimum Gasteiger partial charge on any atom is -0.0895 e. The monoisotopic (exact) mass is 218 g/mol. The smallest absolute Gasteiger partial charge is 0.0154 e. The number of benzene rings is 1. The second kappa shape index (κ2) is 3.12. The van der Waals surface area contributed by atoms with Crippen molar-refractivity contribution in [3.05, 3.63) is 45.5 Å². The van der Waals surface area contributed by atoms with E-state index in [0.717, 1.165) is 5.03 Å². The van der Waals surface area contributed by atoms with Crippen LogP contribution in [0, 0.1) is 6.92 Å². The van der Waals surface area contributed by atoms with Gasteiger partial charge < -0.3 is 0 Å². The molecular formula is C14H15Cl. The molecule has 0 nitrogen and oxygen atoms in total. The van der Waals surface area contributed by atoms with Gasteiger partial charge >= 0.3 is 0 Å². The van der Waals surface area contributed by atoms with Crippen molar-refractivity contribution < 1.29 is 0 Å². The van der Waals surface area contributed by atoms with Gasteiger partial charge in [0.05, 0.1) is 0 Å². The molecule has 0 spiro atoms. The van der Waals surface area contributed by atoms with E-state index in [2.05, 4.69) is 25.1 Å². The summed E-state index contributed by atoms with van der Waals surface area (Å²) in [4.78, 5) is 0. The van der Waals surface area contributed by atoms with E-state index in [1.54, 1.807) is 11.1 Å². The van der Waals surface area contributed by atoms with E-state index in [1.807, 2.05) is 6.92 Å². The van der Waals surface area contributed by atoms with Crippen LogP contribution in [0.15, 0.2) is 28.8 Å². The molecule has 0 aliphatic heterocycles. The summed E-state index contributed by atoms with van der Waals surface area (Å²) in [6, 6.07) is 6.68. The summed E-state index contributed by atoms with van der Waals surface area (Å²) >= 11 is 6.24. The standard InChI is InChI=1S/C14H15Cl/c1-8-4-3-5-10-11-6-7-12(13(8)10)14(11)9(2)15/h3-5,11-12H,6-7H2,1-2H3/b14-9-. The number of rotatable bonds is 0. The van der Waals surface area contributed by atoms with Crippen molar-refractivity contribution in [3.8, 4) is 0 Å². The molecule has 2 atom stereocenters. The van der Waals surface area contributed by atoms with Gasteiger partial charge in [0.2, 0.25) is 0 Å². The van der Waals surface area contributed by atoms with Gasteiger partial charge in [0.1, 0.15) is 0 Å². The first-order valence-corrected chi connectivity index (χ1v) is 6.03. The molecule has 0 aromatic heterocycles. The summed E-state index contributed by atoms with van der Waals surface area (Å²) in [6.07, 6.45) is 2.59. The lowest BCUT2D eigenvalue weighted by Gasteiger charge is -2.15. The predicted molar refractivity (Wildman–Crippen MR) is 64.4 cm³/mol. The average molecular weight is 219 g/mol. The third-order valence-electron chi connectivity index (χ3n) is 3.97. The number of halogens is 1. The first-order chi connectivity index (χ1) is 7.20. The van der Waals surface area contributed by atoms with Crippen molar-refractivity contribution in [2.24, 2.45) is 0 Å². The van der Waals surface area contributed by atoms with E-state index in [-0.39, 0.29) is 0 Å². The minimum atomic E-state index is 0.627. The van der Waals surface area contributed by atoms with E-state index in [4.69, 9.17) is 11.6 Å². The van der Waals surface area contributed by atoms with E-state index < -0.39 is 0 Å². The average Bonchev–Trinajstić information content (AvgIpc) is 2.73. The fourth-order valence-corrected chi connectivity index (χ4v) is 3.74. The molecule has 0 amide bonds. The molecule has 2 bridgehead atoms. The Morgan fingerprint density at radius 2 is 2.00 bits per heavy atom. The van der Waals surface area contributed by atoms with Gasteiger partial charge in [-0.3, -0.25) is 0 Å². The van der Waals surface area contributed by atoms with Crippen molar-refractivity contribution in [2.45, 2.75) is 38.5 Å². The van der Waals surface area contributed by atoms with E-state index in [9.17, 15) is 0 Å². The fourth-order valence-electron chi connectivity index (χ4n) is 3.47. The normalized spacial score (nSPS) is 30.6. The van der Waals surface area contributed by atoms with E-state index in [0.29, 0.717) is 11.8 Å². The Morgan fingerprint density at radius 3 is 2.67 bits per heavy atom. The van der Waals surface area contributed by atoms with Crippen molar-refractivity contribution >= 4 is 11.6 Å². The van der Waals surface area contributed by atoms with Gasteiger partial charge in [0, 0.05) is 16.9 Å². The molecule has 0 heterocycles. The van der Waals surface area contributed by atoms with Crippen LogP contribution in [0.3, 0.4) is 0 Å². The van der Waals surface area contributed by atoms with Crippen LogP contribution >= 0.6 is 11.6 Å². The van der Waals surface area contributed by atoms with Crippen LogP contribution in [0.4, 0.5) is 0 Å². The number of aryl methyl sites for hydroxylation is 1. The molecule has 2 unspecified atom stereocenters. The van der Waals surface area contributed by atoms with Gasteiger partial charge in [0.25, 0.3) is 0 Å². The highest BCUT2D eigenvalue weighted by Crippen LogP contribution is 2.58. The lowest BCUT2D eigenvalue weighted by atomic mass is 9.89. The molecule has 0 N–H and O–H groups in total. The number of fused-ring (bicyclic) bond motifs is 5. The molecule has 1 aromatic carbocycles. The van der Waals surface area contributed by atoms with Crippen LogP contribution < -0.4 is 0 Å². The van der Waals surface area contributed by atoms with Crippen LogP contribution in [0.2, 0.25) is 0 Å². The lowest BCUT2D eigenvalue weighted by Crippen LogP contribution is -1.99. The SMILES string of the molecule is C/C(Cl)=C1\C2CCC1c1c(C)cccc12. The molecule has 0 radical (unpaired) electrons. The second-order valence-electron chi connectivity index (χ2n) is 4.75. The topological polar surface area (TPSA) is 0 Å². The van der Waals surface area contributed by atoms with Gasteiger partial charge in [-0.2, -0.15) is 0 Å². The van der Waals surface area contributed by atoms with Crippen LogP contribution in [0.1, 0.15) is 48.3 Å². The van der Waals surface area contributed by atoms with Gasteiger partial charge in [-0.25, -0.2) is 0 Å². The Bertz CT molecular complexity index is 452. The van der Waals surface area contributed by atoms with E-state index in [1.165, 1.54) is 24.0 Å². The zero-order chi connectivity index (χ0) is 10.6. The lowest BCUT2D eigenvalue weighted by molar-refractivity contribution is 0.713. The molecule has 78 valence electrons. The summed E-state index contributed by atoms with van der Waals surface area (Å²) in [5.74, 6) is 1.26. The third-order valence-corrected chi connectivity index (χ3v) is 4.19. The van der Waals surface area contributed by atoms with Gasteiger partial charge in [-0.05, 0) is 49.0 Å². The quantitative estimate of drug-likeness (QED) is 0.602. The molecule has 3 rings (SSSR count). The predicted octanol–water partition coefficient (Wildman–Crippen LogP) is 4.48. The first kappa shape index (κ1) is 9.47. The molecule has 2 aliphatic rings. The maximum absolute atomic E-state index is 6.24. The third kappa shape index (κ3) is 1.15. The molecule has 1 aromatic rings. The Morgan fingerprint density at radius 1 is 1.27 bits per heavy atom. The summed E-state index contributed by atoms with van der Waals surface area (Å²) in [5.41, 5.74) is 6.06. The Kier molecular flexibility index (Phi) is 1.97. The summed E-state index contributed by atoms with van der Waals surface area (Å²) in [7, 11) is 0. The second-order valence-corrected chi connectivity index (χ2v) is 5.32. The van der Waals surface area contributed by atoms with Crippen molar-refractivity contribution in [3.63, 3.8) is 0 Å². The number of allylic oxidation sites excluding steroid dienone is 2. The molecule has 2 aliphatic carbocycles. The highest BCUT2D eigenvalue weighted by molar-refractivity contribution is 6.29. The zero-order valence-electron chi connectivity index (χ0n) is 9.18. The maximum atomic E-state index is 6.24. The van der Waals surface area contributed by atoms with Gasteiger partial charge in [-0.1, -0.05) is 29.8 Å². The molecule has 15 heavy (non-hydrogen) atoms.